The summed E-state index contributed by atoms with van der Waals surface area (Å²) in [6.07, 6.45) is -3.99. The SMILES string of the molecule is CC1(C)C(=O)Nc2ccccc2N1C(=O)COC(=O)c1ccccc1N/C=C/C(=O)C(F)(F)F. The van der Waals surface area contributed by atoms with Crippen molar-refractivity contribution >= 4 is 40.6 Å². The van der Waals surface area contributed by atoms with Crippen molar-refractivity contribution in [2.75, 3.05) is 22.1 Å². The van der Waals surface area contributed by atoms with Crippen molar-refractivity contribution in [2.45, 2.75) is 25.6 Å². The van der Waals surface area contributed by atoms with Gasteiger partial charge in [-0.25, -0.2) is 4.79 Å². The number of para-hydroxylation sites is 3. The van der Waals surface area contributed by atoms with E-state index in [0.717, 1.165) is 6.20 Å². The molecule has 178 valence electrons. The van der Waals surface area contributed by atoms with Gasteiger partial charge in [-0.1, -0.05) is 24.3 Å². The second-order valence-electron chi connectivity index (χ2n) is 7.72. The molecule has 2 aromatic rings. The Hall–Kier alpha value is -4.15. The Kier molecular flexibility index (Phi) is 6.75. The summed E-state index contributed by atoms with van der Waals surface area (Å²) >= 11 is 0. The average Bonchev–Trinajstić information content (AvgIpc) is 2.77. The Morgan fingerprint density at radius 3 is 2.44 bits per heavy atom. The summed E-state index contributed by atoms with van der Waals surface area (Å²) in [4.78, 5) is 50.3. The molecule has 11 heteroatoms. The summed E-state index contributed by atoms with van der Waals surface area (Å²) in [5.74, 6) is -4.07. The molecule has 2 aromatic carbocycles. The van der Waals surface area contributed by atoms with Crippen LogP contribution in [0.4, 0.5) is 30.2 Å². The van der Waals surface area contributed by atoms with Crippen LogP contribution in [0.1, 0.15) is 24.2 Å². The van der Waals surface area contributed by atoms with Crippen molar-refractivity contribution in [1.82, 2.24) is 0 Å². The summed E-state index contributed by atoms with van der Waals surface area (Å²) < 4.78 is 42.1. The van der Waals surface area contributed by atoms with E-state index < -0.39 is 41.9 Å². The van der Waals surface area contributed by atoms with Crippen molar-refractivity contribution in [3.8, 4) is 0 Å². The first kappa shape index (κ1) is 24.5. The number of fused-ring (bicyclic) bond motifs is 1. The normalized spacial score (nSPS) is 14.9. The molecule has 0 saturated heterocycles. The number of benzene rings is 2. The molecule has 3 rings (SSSR count). The molecule has 0 fully saturated rings. The molecule has 0 atom stereocenters. The minimum atomic E-state index is -5.02. The Morgan fingerprint density at radius 2 is 1.74 bits per heavy atom. The summed E-state index contributed by atoms with van der Waals surface area (Å²) in [5.41, 5.74) is -0.395. The molecule has 8 nitrogen and oxygen atoms in total. The zero-order chi connectivity index (χ0) is 25.1. The molecule has 0 spiro atoms. The maximum atomic E-state index is 13.0. The number of alkyl halides is 3. The fourth-order valence-electron chi connectivity index (χ4n) is 3.26. The number of hydrogen-bond donors (Lipinski definition) is 2. The number of carbonyl (C=O) groups excluding carboxylic acids is 4. The lowest BCUT2D eigenvalue weighted by atomic mass is 9.96. The molecule has 2 amide bonds. The van der Waals surface area contributed by atoms with Gasteiger partial charge in [0.2, 0.25) is 5.91 Å². The first-order valence-electron chi connectivity index (χ1n) is 9.97. The quantitative estimate of drug-likeness (QED) is 0.488. The molecule has 0 radical (unpaired) electrons. The van der Waals surface area contributed by atoms with Gasteiger partial charge in [0.05, 0.1) is 22.6 Å². The van der Waals surface area contributed by atoms with Crippen LogP contribution in [0.25, 0.3) is 0 Å². The fourth-order valence-corrected chi connectivity index (χ4v) is 3.26. The van der Waals surface area contributed by atoms with Crippen LogP contribution in [0.15, 0.2) is 60.8 Å². The largest absolute Gasteiger partial charge is 0.454 e. The molecule has 1 aliphatic rings. The molecule has 0 aliphatic carbocycles. The van der Waals surface area contributed by atoms with Crippen LogP contribution >= 0.6 is 0 Å². The summed E-state index contributed by atoms with van der Waals surface area (Å²) in [6.45, 7) is 2.40. The number of esters is 1. The number of nitrogens with zero attached hydrogens (tertiary/aromatic N) is 1. The van der Waals surface area contributed by atoms with E-state index in [1.807, 2.05) is 0 Å². The van der Waals surface area contributed by atoms with Crippen LogP contribution in [-0.4, -0.2) is 41.9 Å². The molecule has 0 unspecified atom stereocenters. The van der Waals surface area contributed by atoms with Crippen LogP contribution < -0.4 is 15.5 Å². The lowest BCUT2D eigenvalue weighted by Crippen LogP contribution is -2.59. The first-order valence-corrected chi connectivity index (χ1v) is 9.97. The summed E-state index contributed by atoms with van der Waals surface area (Å²) in [7, 11) is 0. The predicted octanol–water partition coefficient (Wildman–Crippen LogP) is 3.66. The van der Waals surface area contributed by atoms with Crippen molar-refractivity contribution < 1.29 is 37.1 Å². The van der Waals surface area contributed by atoms with E-state index >= 15 is 0 Å². The number of ether oxygens (including phenoxy) is 1. The summed E-state index contributed by atoms with van der Waals surface area (Å²) in [5, 5.41) is 5.15. The number of anilines is 3. The van der Waals surface area contributed by atoms with E-state index in [4.69, 9.17) is 4.74 Å². The highest BCUT2D eigenvalue weighted by atomic mass is 19.4. The average molecular weight is 475 g/mol. The van der Waals surface area contributed by atoms with E-state index in [2.05, 4.69) is 10.6 Å². The van der Waals surface area contributed by atoms with Crippen molar-refractivity contribution in [2.24, 2.45) is 0 Å². The number of hydrogen-bond acceptors (Lipinski definition) is 6. The van der Waals surface area contributed by atoms with E-state index in [-0.39, 0.29) is 17.3 Å². The highest BCUT2D eigenvalue weighted by molar-refractivity contribution is 6.14. The van der Waals surface area contributed by atoms with E-state index in [1.54, 1.807) is 38.1 Å². The molecule has 1 aliphatic heterocycles. The van der Waals surface area contributed by atoms with Gasteiger partial charge in [0, 0.05) is 12.3 Å². The second-order valence-corrected chi connectivity index (χ2v) is 7.72. The fraction of sp³-hybridized carbons (Fsp3) is 0.217. The van der Waals surface area contributed by atoms with Gasteiger partial charge >= 0.3 is 12.1 Å². The smallest absolute Gasteiger partial charge is 0.452 e. The number of allylic oxidation sites excluding steroid dienone is 1. The zero-order valence-electron chi connectivity index (χ0n) is 18.1. The minimum absolute atomic E-state index is 0.0641. The Balaban J connectivity index is 1.73. The predicted molar refractivity (Wildman–Crippen MR) is 117 cm³/mol. The van der Waals surface area contributed by atoms with Crippen LogP contribution in [0, 0.1) is 0 Å². The van der Waals surface area contributed by atoms with Gasteiger partial charge in [0.1, 0.15) is 5.54 Å². The topological polar surface area (TPSA) is 105 Å². The number of nitrogens with one attached hydrogen (secondary N) is 2. The van der Waals surface area contributed by atoms with E-state index in [1.165, 1.54) is 29.2 Å². The number of amides is 2. The monoisotopic (exact) mass is 475 g/mol. The highest BCUT2D eigenvalue weighted by Gasteiger charge is 2.43. The molecule has 0 bridgehead atoms. The summed E-state index contributed by atoms with van der Waals surface area (Å²) in [6, 6.07) is 12.4. The van der Waals surface area contributed by atoms with Crippen LogP contribution in [0.3, 0.4) is 0 Å². The van der Waals surface area contributed by atoms with Gasteiger partial charge in [0.15, 0.2) is 6.61 Å². The van der Waals surface area contributed by atoms with Gasteiger partial charge in [-0.05, 0) is 38.1 Å². The number of halogens is 3. The molecule has 1 heterocycles. The lowest BCUT2D eigenvalue weighted by molar-refractivity contribution is -0.165. The Morgan fingerprint density at radius 1 is 1.09 bits per heavy atom. The van der Waals surface area contributed by atoms with Crippen molar-refractivity contribution in [3.63, 3.8) is 0 Å². The first-order chi connectivity index (χ1) is 15.9. The standard InChI is InChI=1S/C23H20F3N3O5/c1-22(2)21(33)28-16-9-5-6-10-17(16)29(22)19(31)13-34-20(32)14-7-3-4-8-15(14)27-12-11-18(30)23(24,25)26/h3-12,27H,13H2,1-2H3,(H,28,33)/b12-11+. The molecule has 0 aromatic heterocycles. The zero-order valence-corrected chi connectivity index (χ0v) is 18.1. The Labute approximate surface area is 192 Å². The van der Waals surface area contributed by atoms with Crippen molar-refractivity contribution in [3.05, 3.63) is 66.4 Å². The third kappa shape index (κ3) is 5.08. The third-order valence-electron chi connectivity index (χ3n) is 4.98. The van der Waals surface area contributed by atoms with Crippen LogP contribution in [0.5, 0.6) is 0 Å². The molecule has 0 saturated carbocycles. The Bertz CT molecular complexity index is 1170. The minimum Gasteiger partial charge on any atom is -0.452 e. The highest BCUT2D eigenvalue weighted by Crippen LogP contribution is 2.36. The molecular formula is C23H20F3N3O5. The number of ketones is 1. The molecular weight excluding hydrogens is 455 g/mol. The van der Waals surface area contributed by atoms with E-state index in [9.17, 15) is 32.3 Å². The van der Waals surface area contributed by atoms with Gasteiger partial charge in [-0.3, -0.25) is 19.3 Å². The van der Waals surface area contributed by atoms with Crippen LogP contribution in [0.2, 0.25) is 0 Å². The second kappa shape index (κ2) is 9.38. The maximum absolute atomic E-state index is 13.0. The third-order valence-corrected chi connectivity index (χ3v) is 4.98. The molecule has 2 N–H and O–H groups in total. The van der Waals surface area contributed by atoms with E-state index in [0.29, 0.717) is 11.4 Å². The van der Waals surface area contributed by atoms with Gasteiger partial charge < -0.3 is 15.4 Å². The number of rotatable bonds is 6. The lowest BCUT2D eigenvalue weighted by Gasteiger charge is -2.41. The van der Waals surface area contributed by atoms with Gasteiger partial charge in [0.25, 0.3) is 11.7 Å². The maximum Gasteiger partial charge on any atom is 0.454 e. The molecule has 34 heavy (non-hydrogen) atoms. The van der Waals surface area contributed by atoms with Gasteiger partial charge in [-0.2, -0.15) is 13.2 Å². The van der Waals surface area contributed by atoms with Crippen LogP contribution in [-0.2, 0) is 19.1 Å². The number of carbonyl (C=O) groups is 4. The van der Waals surface area contributed by atoms with Crippen molar-refractivity contribution in [1.29, 1.82) is 0 Å². The van der Waals surface area contributed by atoms with Gasteiger partial charge in [-0.15, -0.1) is 0 Å².